The molecule has 25 heavy (non-hydrogen) atoms. The van der Waals surface area contributed by atoms with Gasteiger partial charge in [0.2, 0.25) is 0 Å². The Morgan fingerprint density at radius 2 is 1.96 bits per heavy atom. The average molecular weight is 343 g/mol. The Hall–Kier alpha value is -1.57. The summed E-state index contributed by atoms with van der Waals surface area (Å²) in [6.07, 6.45) is 14.1. The van der Waals surface area contributed by atoms with Gasteiger partial charge in [-0.25, -0.2) is 0 Å². The topological polar surface area (TPSA) is 26.3 Å². The molecule has 0 radical (unpaired) electrons. The van der Waals surface area contributed by atoms with E-state index in [1.807, 2.05) is 30.3 Å². The Kier molecular flexibility index (Phi) is 8.79. The fourth-order valence-electron chi connectivity index (χ4n) is 3.73. The summed E-state index contributed by atoms with van der Waals surface area (Å²) in [5.41, 5.74) is 1.55. The third kappa shape index (κ3) is 7.46. The monoisotopic (exact) mass is 342 g/mol. The van der Waals surface area contributed by atoms with Crippen LogP contribution in [0.2, 0.25) is 0 Å². The third-order valence-electron chi connectivity index (χ3n) is 5.61. The summed E-state index contributed by atoms with van der Waals surface area (Å²) in [5, 5.41) is 0. The highest BCUT2D eigenvalue weighted by Crippen LogP contribution is 2.31. The standard InChI is InChI=1S/C23H34O2/c1-3-19(4-2)13-14-21-17-15-20(16-18-21)9-8-12-23(24)25-22-10-6-5-7-11-22/h5-7,10-11,15,19,21H,3-4,8-9,12-14,16-18H2,1-2H3. The van der Waals surface area contributed by atoms with E-state index >= 15 is 0 Å². The van der Waals surface area contributed by atoms with Gasteiger partial charge in [0.15, 0.2) is 0 Å². The van der Waals surface area contributed by atoms with Crippen molar-refractivity contribution in [3.8, 4) is 5.75 Å². The molecule has 0 amide bonds. The van der Waals surface area contributed by atoms with Crippen molar-refractivity contribution in [1.82, 2.24) is 0 Å². The second-order valence-corrected chi connectivity index (χ2v) is 7.40. The molecule has 2 heteroatoms. The van der Waals surface area contributed by atoms with Gasteiger partial charge in [-0.2, -0.15) is 0 Å². The summed E-state index contributed by atoms with van der Waals surface area (Å²) in [6, 6.07) is 9.34. The molecule has 1 aromatic carbocycles. The molecule has 2 nitrogen and oxygen atoms in total. The van der Waals surface area contributed by atoms with Gasteiger partial charge in [0.1, 0.15) is 5.75 Å². The molecule has 0 bridgehead atoms. The molecule has 0 heterocycles. The lowest BCUT2D eigenvalue weighted by Crippen LogP contribution is -2.10. The van der Waals surface area contributed by atoms with Crippen LogP contribution < -0.4 is 4.74 Å². The predicted molar refractivity (Wildman–Crippen MR) is 105 cm³/mol. The molecule has 0 saturated heterocycles. The normalized spacial score (nSPS) is 17.4. The zero-order valence-corrected chi connectivity index (χ0v) is 16.0. The Bertz CT molecular complexity index is 528. The minimum absolute atomic E-state index is 0.120. The average Bonchev–Trinajstić information content (AvgIpc) is 2.64. The number of carbonyl (C=O) groups excluding carboxylic acids is 1. The van der Waals surface area contributed by atoms with E-state index in [1.54, 1.807) is 5.57 Å². The van der Waals surface area contributed by atoms with Crippen LogP contribution in [0, 0.1) is 11.8 Å². The molecular weight excluding hydrogens is 308 g/mol. The summed E-state index contributed by atoms with van der Waals surface area (Å²) in [4.78, 5) is 11.9. The molecule has 2 rings (SSSR count). The summed E-state index contributed by atoms with van der Waals surface area (Å²) in [5.74, 6) is 2.32. The molecule has 0 aliphatic heterocycles. The largest absolute Gasteiger partial charge is 0.427 e. The molecule has 0 spiro atoms. The van der Waals surface area contributed by atoms with Crippen LogP contribution in [0.4, 0.5) is 0 Å². The second kappa shape index (κ2) is 11.1. The number of hydrogen-bond donors (Lipinski definition) is 0. The van der Waals surface area contributed by atoms with Crippen molar-refractivity contribution in [2.75, 3.05) is 0 Å². The van der Waals surface area contributed by atoms with Gasteiger partial charge in [0.05, 0.1) is 0 Å². The highest BCUT2D eigenvalue weighted by Gasteiger charge is 2.16. The first kappa shape index (κ1) is 19.8. The van der Waals surface area contributed by atoms with E-state index in [9.17, 15) is 4.79 Å². The van der Waals surface area contributed by atoms with Crippen molar-refractivity contribution in [2.24, 2.45) is 11.8 Å². The van der Waals surface area contributed by atoms with Crippen molar-refractivity contribution in [3.05, 3.63) is 42.0 Å². The molecule has 1 aliphatic rings. The van der Waals surface area contributed by atoms with Crippen LogP contribution in [0.5, 0.6) is 5.75 Å². The van der Waals surface area contributed by atoms with Gasteiger partial charge in [-0.3, -0.25) is 4.79 Å². The molecule has 1 aliphatic carbocycles. The quantitative estimate of drug-likeness (QED) is 0.268. The van der Waals surface area contributed by atoms with Gasteiger partial charge in [-0.1, -0.05) is 63.0 Å². The Labute approximate surface area is 153 Å². The number of benzene rings is 1. The molecular formula is C23H34O2. The molecule has 1 unspecified atom stereocenters. The van der Waals surface area contributed by atoms with Crippen LogP contribution >= 0.6 is 0 Å². The third-order valence-corrected chi connectivity index (χ3v) is 5.61. The molecule has 1 atom stereocenters. The molecule has 0 aromatic heterocycles. The molecule has 138 valence electrons. The van der Waals surface area contributed by atoms with Gasteiger partial charge in [0.25, 0.3) is 0 Å². The van der Waals surface area contributed by atoms with E-state index in [0.717, 1.165) is 24.7 Å². The van der Waals surface area contributed by atoms with Crippen LogP contribution in [0.3, 0.4) is 0 Å². The number of ether oxygens (including phenoxy) is 1. The van der Waals surface area contributed by atoms with Gasteiger partial charge in [-0.05, 0) is 62.5 Å². The number of allylic oxidation sites excluding steroid dienone is 2. The summed E-state index contributed by atoms with van der Waals surface area (Å²) < 4.78 is 5.34. The highest BCUT2D eigenvalue weighted by molar-refractivity contribution is 5.72. The maximum absolute atomic E-state index is 11.9. The van der Waals surface area contributed by atoms with Crippen molar-refractivity contribution in [1.29, 1.82) is 0 Å². The van der Waals surface area contributed by atoms with E-state index in [4.69, 9.17) is 4.74 Å². The summed E-state index contributed by atoms with van der Waals surface area (Å²) in [6.45, 7) is 4.63. The molecule has 1 aromatic rings. The lowest BCUT2D eigenvalue weighted by atomic mass is 9.82. The van der Waals surface area contributed by atoms with E-state index in [-0.39, 0.29) is 5.97 Å². The minimum atomic E-state index is -0.120. The molecule has 0 N–H and O–H groups in total. The van der Waals surface area contributed by atoms with E-state index in [2.05, 4.69) is 19.9 Å². The molecule has 0 saturated carbocycles. The fourth-order valence-corrected chi connectivity index (χ4v) is 3.73. The smallest absolute Gasteiger partial charge is 0.311 e. The lowest BCUT2D eigenvalue weighted by molar-refractivity contribution is -0.134. The van der Waals surface area contributed by atoms with Crippen LogP contribution in [-0.2, 0) is 4.79 Å². The highest BCUT2D eigenvalue weighted by atomic mass is 16.5. The summed E-state index contributed by atoms with van der Waals surface area (Å²) in [7, 11) is 0. The minimum Gasteiger partial charge on any atom is -0.427 e. The Morgan fingerprint density at radius 1 is 1.20 bits per heavy atom. The van der Waals surface area contributed by atoms with E-state index in [0.29, 0.717) is 12.2 Å². The van der Waals surface area contributed by atoms with E-state index < -0.39 is 0 Å². The van der Waals surface area contributed by atoms with Gasteiger partial charge >= 0.3 is 5.97 Å². The zero-order valence-electron chi connectivity index (χ0n) is 16.0. The number of carbonyl (C=O) groups is 1. The summed E-state index contributed by atoms with van der Waals surface area (Å²) >= 11 is 0. The van der Waals surface area contributed by atoms with Crippen molar-refractivity contribution in [3.63, 3.8) is 0 Å². The van der Waals surface area contributed by atoms with Crippen molar-refractivity contribution in [2.45, 2.75) is 78.1 Å². The van der Waals surface area contributed by atoms with Crippen LogP contribution in [0.1, 0.15) is 78.1 Å². The van der Waals surface area contributed by atoms with Crippen LogP contribution in [-0.4, -0.2) is 5.97 Å². The first-order valence-electron chi connectivity index (χ1n) is 10.1. The first-order chi connectivity index (χ1) is 12.2. The Balaban J connectivity index is 1.61. The SMILES string of the molecule is CCC(CC)CCC1CC=C(CCCC(=O)Oc2ccccc2)CC1. The van der Waals surface area contributed by atoms with Crippen LogP contribution in [0.25, 0.3) is 0 Å². The lowest BCUT2D eigenvalue weighted by Gasteiger charge is -2.23. The van der Waals surface area contributed by atoms with Crippen molar-refractivity contribution >= 4 is 5.97 Å². The number of esters is 1. The molecule has 0 fully saturated rings. The number of hydrogen-bond acceptors (Lipinski definition) is 2. The second-order valence-electron chi connectivity index (χ2n) is 7.40. The van der Waals surface area contributed by atoms with Crippen molar-refractivity contribution < 1.29 is 9.53 Å². The Morgan fingerprint density at radius 3 is 2.60 bits per heavy atom. The van der Waals surface area contributed by atoms with E-state index in [1.165, 1.54) is 44.9 Å². The van der Waals surface area contributed by atoms with Crippen LogP contribution in [0.15, 0.2) is 42.0 Å². The maximum Gasteiger partial charge on any atom is 0.311 e. The van der Waals surface area contributed by atoms with Gasteiger partial charge in [0, 0.05) is 6.42 Å². The number of para-hydroxylation sites is 1. The fraction of sp³-hybridized carbons (Fsp3) is 0.609. The van der Waals surface area contributed by atoms with Gasteiger partial charge < -0.3 is 4.74 Å². The number of rotatable bonds is 10. The van der Waals surface area contributed by atoms with Gasteiger partial charge in [-0.15, -0.1) is 0 Å². The predicted octanol–water partition coefficient (Wildman–Crippen LogP) is 6.71. The first-order valence-corrected chi connectivity index (χ1v) is 10.1. The maximum atomic E-state index is 11.9. The zero-order chi connectivity index (χ0) is 17.9.